The van der Waals surface area contributed by atoms with Crippen LogP contribution < -0.4 is 10.6 Å². The minimum absolute atomic E-state index is 0.0214. The number of hydrogen-bond donors (Lipinski definition) is 2. The average molecular weight is 604 g/mol. The average Bonchev–Trinajstić information content (AvgIpc) is 3.55. The lowest BCUT2D eigenvalue weighted by atomic mass is 9.87. The Morgan fingerprint density at radius 1 is 1.05 bits per heavy atom. The van der Waals surface area contributed by atoms with Gasteiger partial charge >= 0.3 is 0 Å². The Balaban J connectivity index is 0.000000261. The van der Waals surface area contributed by atoms with E-state index in [4.69, 9.17) is 9.47 Å². The van der Waals surface area contributed by atoms with E-state index >= 15 is 0 Å². The number of nitrogens with zero attached hydrogens (tertiary/aromatic N) is 3. The molecule has 7 rings (SSSR count). The number of halogens is 1. The van der Waals surface area contributed by atoms with Crippen molar-refractivity contribution in [3.63, 3.8) is 0 Å². The molecule has 2 aromatic carbocycles. The number of nitrogens with one attached hydrogen (secondary N) is 2. The van der Waals surface area contributed by atoms with Crippen LogP contribution in [0.5, 0.6) is 0 Å². The van der Waals surface area contributed by atoms with Crippen molar-refractivity contribution in [1.29, 1.82) is 0 Å². The Bertz CT molecular complexity index is 1490. The molecule has 10 nitrogen and oxygen atoms in total. The molecule has 0 saturated carbocycles. The van der Waals surface area contributed by atoms with Crippen LogP contribution in [-0.2, 0) is 19.1 Å². The van der Waals surface area contributed by atoms with Crippen molar-refractivity contribution in [1.82, 2.24) is 25.1 Å². The van der Waals surface area contributed by atoms with Gasteiger partial charge in [0.1, 0.15) is 24.7 Å². The van der Waals surface area contributed by atoms with Gasteiger partial charge in [-0.05, 0) is 61.1 Å². The molecular formula is C33H38FN5O5. The number of aromatic nitrogens is 2. The number of imidazole rings is 1. The largest absolute Gasteiger partial charge is 0.368 e. The third kappa shape index (κ3) is 6.59. The molecule has 3 aromatic rings. The monoisotopic (exact) mass is 603 g/mol. The van der Waals surface area contributed by atoms with Crippen LogP contribution in [0.25, 0.3) is 11.1 Å². The summed E-state index contributed by atoms with van der Waals surface area (Å²) in [5.41, 5.74) is 3.43. The Hall–Kier alpha value is -3.93. The van der Waals surface area contributed by atoms with Crippen LogP contribution in [0.3, 0.4) is 0 Å². The van der Waals surface area contributed by atoms with Gasteiger partial charge in [-0.15, -0.1) is 0 Å². The molecule has 4 fully saturated rings. The van der Waals surface area contributed by atoms with E-state index in [-0.39, 0.29) is 66.8 Å². The van der Waals surface area contributed by atoms with Gasteiger partial charge in [-0.25, -0.2) is 9.37 Å². The lowest BCUT2D eigenvalue weighted by Crippen LogP contribution is -2.58. The number of piperidine rings is 2. The van der Waals surface area contributed by atoms with Crippen LogP contribution in [0.15, 0.2) is 61.1 Å². The van der Waals surface area contributed by atoms with E-state index in [1.165, 1.54) is 12.1 Å². The second-order valence-corrected chi connectivity index (χ2v) is 11.9. The molecular weight excluding hydrogens is 565 g/mol. The molecule has 11 heteroatoms. The van der Waals surface area contributed by atoms with Crippen LogP contribution in [0.4, 0.5) is 4.39 Å². The minimum Gasteiger partial charge on any atom is -0.368 e. The fraction of sp³-hybridized carbons (Fsp3) is 0.455. The summed E-state index contributed by atoms with van der Waals surface area (Å²) in [6.07, 6.45) is 5.69. The van der Waals surface area contributed by atoms with Gasteiger partial charge in [-0.3, -0.25) is 14.4 Å². The molecule has 4 saturated heterocycles. The van der Waals surface area contributed by atoms with E-state index in [0.717, 1.165) is 42.6 Å². The predicted octanol–water partition coefficient (Wildman–Crippen LogP) is 2.98. The molecule has 5 heterocycles. The number of morpholine rings is 1. The summed E-state index contributed by atoms with van der Waals surface area (Å²) in [5, 5.41) is 6.14. The second-order valence-electron chi connectivity index (χ2n) is 11.9. The van der Waals surface area contributed by atoms with Crippen molar-refractivity contribution in [3.8, 4) is 11.1 Å². The van der Waals surface area contributed by atoms with E-state index in [0.29, 0.717) is 25.2 Å². The first-order valence-electron chi connectivity index (χ1n) is 15.3. The lowest BCUT2D eigenvalue weighted by Gasteiger charge is -2.40. The highest BCUT2D eigenvalue weighted by Crippen LogP contribution is 2.32. The van der Waals surface area contributed by atoms with Crippen molar-refractivity contribution < 1.29 is 28.2 Å². The van der Waals surface area contributed by atoms with Gasteiger partial charge in [0, 0.05) is 26.1 Å². The van der Waals surface area contributed by atoms with E-state index in [1.807, 2.05) is 40.7 Å². The molecule has 2 unspecified atom stereocenters. The van der Waals surface area contributed by atoms with Gasteiger partial charge in [0.25, 0.3) is 5.91 Å². The number of carbonyl (C=O) groups is 3. The number of hydrogen-bond acceptors (Lipinski definition) is 7. The zero-order valence-electron chi connectivity index (χ0n) is 24.8. The maximum absolute atomic E-state index is 13.4. The van der Waals surface area contributed by atoms with Crippen LogP contribution in [0, 0.1) is 11.7 Å². The Kier molecular flexibility index (Phi) is 9.15. The maximum atomic E-state index is 13.4. The van der Waals surface area contributed by atoms with Crippen molar-refractivity contribution in [2.75, 3.05) is 39.4 Å². The van der Waals surface area contributed by atoms with Gasteiger partial charge in [0.05, 0.1) is 36.8 Å². The van der Waals surface area contributed by atoms with Gasteiger partial charge in [0.2, 0.25) is 5.91 Å². The Labute approximate surface area is 255 Å². The fourth-order valence-corrected chi connectivity index (χ4v) is 6.57. The van der Waals surface area contributed by atoms with Crippen LogP contribution in [0.1, 0.15) is 48.3 Å². The highest BCUT2D eigenvalue weighted by Gasteiger charge is 2.37. The van der Waals surface area contributed by atoms with Gasteiger partial charge in [-0.2, -0.15) is 0 Å². The van der Waals surface area contributed by atoms with Gasteiger partial charge in [0.15, 0.2) is 5.78 Å². The van der Waals surface area contributed by atoms with E-state index < -0.39 is 0 Å². The van der Waals surface area contributed by atoms with Crippen molar-refractivity contribution in [2.45, 2.75) is 50.5 Å². The van der Waals surface area contributed by atoms with Crippen molar-refractivity contribution >= 4 is 17.6 Å². The smallest absolute Gasteiger partial charge is 0.272 e. The van der Waals surface area contributed by atoms with Gasteiger partial charge in [-0.1, -0.05) is 36.4 Å². The summed E-state index contributed by atoms with van der Waals surface area (Å²) in [6.45, 7) is 5.32. The number of fused-ring (bicyclic) bond motifs is 2. The topological polar surface area (TPSA) is 115 Å². The number of benzene rings is 2. The molecule has 2 amide bonds. The molecule has 0 radical (unpaired) electrons. The zero-order valence-corrected chi connectivity index (χ0v) is 24.8. The number of ketones is 1. The number of ether oxygens (including phenoxy) is 2. The summed E-state index contributed by atoms with van der Waals surface area (Å²) in [6, 6.07) is 14.5. The highest BCUT2D eigenvalue weighted by atomic mass is 19.1. The third-order valence-electron chi connectivity index (χ3n) is 9.00. The molecule has 0 spiro atoms. The van der Waals surface area contributed by atoms with E-state index in [2.05, 4.69) is 15.6 Å². The summed E-state index contributed by atoms with van der Waals surface area (Å²) >= 11 is 0. The molecule has 1 aromatic heterocycles. The third-order valence-corrected chi connectivity index (χ3v) is 9.00. The first-order valence-corrected chi connectivity index (χ1v) is 15.3. The first-order chi connectivity index (χ1) is 21.4. The summed E-state index contributed by atoms with van der Waals surface area (Å²) in [5.74, 6) is -0.00274. The molecule has 4 aliphatic heterocycles. The first kappa shape index (κ1) is 30.1. The summed E-state index contributed by atoms with van der Waals surface area (Å²) in [7, 11) is 0. The summed E-state index contributed by atoms with van der Waals surface area (Å²) < 4.78 is 26.4. The lowest BCUT2D eigenvalue weighted by molar-refractivity contribution is -0.140. The number of carbonyl (C=O) groups excluding carboxylic acids is 3. The summed E-state index contributed by atoms with van der Waals surface area (Å²) in [4.78, 5) is 42.1. The number of rotatable bonds is 4. The Morgan fingerprint density at radius 2 is 1.84 bits per heavy atom. The molecule has 0 aliphatic carbocycles. The van der Waals surface area contributed by atoms with Crippen molar-refractivity contribution in [2.24, 2.45) is 5.92 Å². The number of amides is 2. The molecule has 4 aliphatic rings. The highest BCUT2D eigenvalue weighted by molar-refractivity contribution is 5.92. The number of likely N-dealkylation sites (tertiary alicyclic amines) is 1. The second kappa shape index (κ2) is 13.4. The predicted molar refractivity (Wildman–Crippen MR) is 160 cm³/mol. The SMILES string of the molecule is C[C@@H](c1ccccc1-c1ccc(F)cc1)n1cncc1C(=O)N1CC[C@@H]2CC(=O)CO[C@H]2C1.O=C1COC2CNCCC2N1. The maximum Gasteiger partial charge on any atom is 0.272 e. The van der Waals surface area contributed by atoms with E-state index in [9.17, 15) is 18.8 Å². The molecule has 2 N–H and O–H groups in total. The van der Waals surface area contributed by atoms with Crippen molar-refractivity contribution in [3.05, 3.63) is 78.1 Å². The molecule has 5 atom stereocenters. The standard InChI is InChI=1S/C26H26FN3O3.C7H12N2O2/c1-17(22-4-2-3-5-23(22)18-6-8-20(27)9-7-18)30-16-28-13-24(30)26(32)29-11-10-19-12-21(31)15-33-25(19)14-29;10-7-4-11-6-3-8-2-1-5(6)9-7/h2-9,13,16-17,19,25H,10-12,14-15H2,1H3;5-6,8H,1-4H2,(H,9,10)/t17-,19+,25-;/m0./s1. The number of Topliss-reactive ketones (excluding diaryl/α,β-unsaturated/α-hetero) is 1. The van der Waals surface area contributed by atoms with Gasteiger partial charge < -0.3 is 29.6 Å². The van der Waals surface area contributed by atoms with Crippen LogP contribution >= 0.6 is 0 Å². The fourth-order valence-electron chi connectivity index (χ4n) is 6.57. The molecule has 44 heavy (non-hydrogen) atoms. The Morgan fingerprint density at radius 3 is 2.68 bits per heavy atom. The van der Waals surface area contributed by atoms with Crippen LogP contribution in [-0.4, -0.2) is 89.7 Å². The molecule has 232 valence electrons. The zero-order chi connectivity index (χ0) is 30.6. The molecule has 0 bridgehead atoms. The van der Waals surface area contributed by atoms with E-state index in [1.54, 1.807) is 24.7 Å². The minimum atomic E-state index is -0.276. The van der Waals surface area contributed by atoms with Crippen LogP contribution in [0.2, 0.25) is 0 Å². The normalized spacial score (nSPS) is 25.5. The quantitative estimate of drug-likeness (QED) is 0.471.